The zero-order valence-electron chi connectivity index (χ0n) is 11.4. The molecule has 1 atom stereocenters. The summed E-state index contributed by atoms with van der Waals surface area (Å²) in [5, 5.41) is 4.86. The van der Waals surface area contributed by atoms with E-state index in [1.165, 1.54) is 19.3 Å². The number of hydrogen-bond acceptors (Lipinski definition) is 3. The molecule has 1 aromatic rings. The number of nitrogens with one attached hydrogen (secondary N) is 1. The van der Waals surface area contributed by atoms with Crippen molar-refractivity contribution in [3.63, 3.8) is 0 Å². The second-order valence-electron chi connectivity index (χ2n) is 5.41. The van der Waals surface area contributed by atoms with Crippen LogP contribution >= 0.6 is 23.2 Å². The van der Waals surface area contributed by atoms with Crippen LogP contribution in [-0.2, 0) is 6.54 Å². The van der Waals surface area contributed by atoms with Crippen molar-refractivity contribution < 1.29 is 0 Å². The Morgan fingerprint density at radius 2 is 2.20 bits per heavy atom. The molecule has 0 amide bonds. The van der Waals surface area contributed by atoms with Crippen molar-refractivity contribution in [3.8, 4) is 0 Å². The van der Waals surface area contributed by atoms with Crippen molar-refractivity contribution in [1.29, 1.82) is 0 Å². The van der Waals surface area contributed by atoms with Crippen molar-refractivity contribution in [2.75, 3.05) is 19.6 Å². The van der Waals surface area contributed by atoms with E-state index in [1.807, 2.05) is 18.2 Å². The molecule has 0 radical (unpaired) electrons. The smallest absolute Gasteiger partial charge is 0.114 e. The van der Waals surface area contributed by atoms with E-state index in [0.717, 1.165) is 42.6 Å². The summed E-state index contributed by atoms with van der Waals surface area (Å²) < 4.78 is 0. The van der Waals surface area contributed by atoms with Crippen LogP contribution in [0.1, 0.15) is 24.8 Å². The summed E-state index contributed by atoms with van der Waals surface area (Å²) in [5.41, 5.74) is 1.14. The van der Waals surface area contributed by atoms with Crippen molar-refractivity contribution in [1.82, 2.24) is 10.2 Å². The van der Waals surface area contributed by atoms with Crippen LogP contribution in [0.2, 0.25) is 10.0 Å². The van der Waals surface area contributed by atoms with Gasteiger partial charge < -0.3 is 5.32 Å². The summed E-state index contributed by atoms with van der Waals surface area (Å²) in [6.07, 6.45) is 3.70. The molecular weight excluding hydrogens is 293 g/mol. The summed E-state index contributed by atoms with van der Waals surface area (Å²) in [7, 11) is 0. The molecule has 2 aliphatic heterocycles. The fourth-order valence-electron chi connectivity index (χ4n) is 3.00. The third-order valence-corrected chi connectivity index (χ3v) is 4.60. The number of benzene rings is 1. The average molecular weight is 312 g/mol. The van der Waals surface area contributed by atoms with Crippen LogP contribution in [-0.4, -0.2) is 36.4 Å². The fourth-order valence-corrected chi connectivity index (χ4v) is 3.47. The minimum absolute atomic E-state index is 0.415. The van der Waals surface area contributed by atoms with Gasteiger partial charge in [-0.25, -0.2) is 0 Å². The molecule has 1 unspecified atom stereocenters. The van der Waals surface area contributed by atoms with E-state index in [1.54, 1.807) is 0 Å². The Morgan fingerprint density at radius 1 is 1.30 bits per heavy atom. The van der Waals surface area contributed by atoms with Crippen molar-refractivity contribution in [3.05, 3.63) is 33.8 Å². The molecule has 3 nitrogen and oxygen atoms in total. The first-order chi connectivity index (χ1) is 9.74. The number of rotatable bonds is 3. The number of amidine groups is 1. The first kappa shape index (κ1) is 14.2. The Labute approximate surface area is 130 Å². The maximum absolute atomic E-state index is 6.30. The van der Waals surface area contributed by atoms with Gasteiger partial charge in [-0.15, -0.1) is 0 Å². The van der Waals surface area contributed by atoms with Gasteiger partial charge in [0.2, 0.25) is 0 Å². The molecule has 0 spiro atoms. The maximum atomic E-state index is 6.30. The largest absolute Gasteiger partial charge is 0.371 e. The zero-order valence-corrected chi connectivity index (χ0v) is 12.9. The monoisotopic (exact) mass is 311 g/mol. The SMILES string of the molecule is Clc1ccc(CN2CCCCC2C2=NCCN2)c(Cl)c1. The number of aliphatic imine (C=N–C) groups is 1. The van der Waals surface area contributed by atoms with Gasteiger partial charge in [-0.2, -0.15) is 0 Å². The van der Waals surface area contributed by atoms with E-state index >= 15 is 0 Å². The van der Waals surface area contributed by atoms with Crippen molar-refractivity contribution in [2.24, 2.45) is 4.99 Å². The van der Waals surface area contributed by atoms with E-state index in [0.29, 0.717) is 11.1 Å². The number of nitrogens with zero attached hydrogens (tertiary/aromatic N) is 2. The van der Waals surface area contributed by atoms with Crippen LogP contribution in [0.15, 0.2) is 23.2 Å². The lowest BCUT2D eigenvalue weighted by molar-refractivity contribution is 0.182. The predicted molar refractivity (Wildman–Crippen MR) is 84.8 cm³/mol. The normalized spacial score (nSPS) is 23.5. The number of hydrogen-bond donors (Lipinski definition) is 1. The van der Waals surface area contributed by atoms with Crippen LogP contribution in [0.25, 0.3) is 0 Å². The summed E-state index contributed by atoms with van der Waals surface area (Å²) in [4.78, 5) is 7.08. The van der Waals surface area contributed by atoms with E-state index in [4.69, 9.17) is 23.2 Å². The van der Waals surface area contributed by atoms with Gasteiger partial charge in [-0.05, 0) is 37.1 Å². The highest BCUT2D eigenvalue weighted by atomic mass is 35.5. The Hall–Kier alpha value is -0.770. The van der Waals surface area contributed by atoms with Gasteiger partial charge in [-0.3, -0.25) is 9.89 Å². The second kappa shape index (κ2) is 6.33. The summed E-state index contributed by atoms with van der Waals surface area (Å²) >= 11 is 12.3. The maximum Gasteiger partial charge on any atom is 0.114 e. The lowest BCUT2D eigenvalue weighted by atomic mass is 10.00. The van der Waals surface area contributed by atoms with E-state index in [9.17, 15) is 0 Å². The Kier molecular flexibility index (Phi) is 4.49. The molecule has 2 aliphatic rings. The molecular formula is C15H19Cl2N3. The first-order valence-electron chi connectivity index (χ1n) is 7.20. The molecule has 0 aliphatic carbocycles. The molecule has 0 aromatic heterocycles. The van der Waals surface area contributed by atoms with E-state index < -0.39 is 0 Å². The van der Waals surface area contributed by atoms with E-state index in [2.05, 4.69) is 15.2 Å². The van der Waals surface area contributed by atoms with Crippen LogP contribution in [0, 0.1) is 0 Å². The minimum Gasteiger partial charge on any atom is -0.371 e. The van der Waals surface area contributed by atoms with Crippen LogP contribution in [0.5, 0.6) is 0 Å². The molecule has 1 aromatic carbocycles. The van der Waals surface area contributed by atoms with Gasteiger partial charge in [0.15, 0.2) is 0 Å². The minimum atomic E-state index is 0.415. The van der Waals surface area contributed by atoms with Gasteiger partial charge in [0.05, 0.1) is 12.6 Å². The number of likely N-dealkylation sites (tertiary alicyclic amines) is 1. The second-order valence-corrected chi connectivity index (χ2v) is 6.26. The van der Waals surface area contributed by atoms with Crippen molar-refractivity contribution in [2.45, 2.75) is 31.8 Å². The quantitative estimate of drug-likeness (QED) is 0.927. The Balaban J connectivity index is 1.76. The molecule has 1 fully saturated rings. The first-order valence-corrected chi connectivity index (χ1v) is 7.96. The highest BCUT2D eigenvalue weighted by Crippen LogP contribution is 2.26. The third-order valence-electron chi connectivity index (χ3n) is 4.02. The van der Waals surface area contributed by atoms with Gasteiger partial charge >= 0.3 is 0 Å². The lowest BCUT2D eigenvalue weighted by Crippen LogP contribution is -2.47. The molecule has 0 bridgehead atoms. The van der Waals surface area contributed by atoms with E-state index in [-0.39, 0.29) is 0 Å². The molecule has 20 heavy (non-hydrogen) atoms. The summed E-state index contributed by atoms with van der Waals surface area (Å²) in [6, 6.07) is 6.17. The standard InChI is InChI=1S/C15H19Cl2N3/c16-12-5-4-11(13(17)9-12)10-20-8-2-1-3-14(20)15-18-6-7-19-15/h4-5,9,14H,1-3,6-8,10H2,(H,18,19). The molecule has 1 saturated heterocycles. The van der Waals surface area contributed by atoms with Gasteiger partial charge in [-0.1, -0.05) is 35.7 Å². The zero-order chi connectivity index (χ0) is 13.9. The summed E-state index contributed by atoms with van der Waals surface area (Å²) in [6.45, 7) is 3.84. The highest BCUT2D eigenvalue weighted by Gasteiger charge is 2.28. The lowest BCUT2D eigenvalue weighted by Gasteiger charge is -2.35. The predicted octanol–water partition coefficient (Wildman–Crippen LogP) is 3.35. The number of halogens is 2. The molecule has 2 heterocycles. The molecule has 5 heteroatoms. The van der Waals surface area contributed by atoms with Gasteiger partial charge in [0.1, 0.15) is 5.84 Å². The van der Waals surface area contributed by atoms with Crippen LogP contribution in [0.4, 0.5) is 0 Å². The number of piperidine rings is 1. The molecule has 0 saturated carbocycles. The summed E-state index contributed by atoms with van der Waals surface area (Å²) in [5.74, 6) is 1.16. The Bertz CT molecular complexity index is 516. The fraction of sp³-hybridized carbons (Fsp3) is 0.533. The molecule has 108 valence electrons. The molecule has 1 N–H and O–H groups in total. The topological polar surface area (TPSA) is 27.6 Å². The van der Waals surface area contributed by atoms with Crippen LogP contribution in [0.3, 0.4) is 0 Å². The Morgan fingerprint density at radius 3 is 2.95 bits per heavy atom. The third kappa shape index (κ3) is 3.11. The molecule has 3 rings (SSSR count). The highest BCUT2D eigenvalue weighted by molar-refractivity contribution is 6.35. The average Bonchev–Trinajstić information content (AvgIpc) is 2.96. The van der Waals surface area contributed by atoms with Crippen LogP contribution < -0.4 is 5.32 Å². The van der Waals surface area contributed by atoms with Gasteiger partial charge in [0, 0.05) is 23.1 Å². The van der Waals surface area contributed by atoms with Gasteiger partial charge in [0.25, 0.3) is 0 Å². The van der Waals surface area contributed by atoms with Crippen molar-refractivity contribution >= 4 is 29.0 Å².